The van der Waals surface area contributed by atoms with Gasteiger partial charge in [-0.1, -0.05) is 0 Å². The number of anilines is 1. The van der Waals surface area contributed by atoms with E-state index in [1.165, 1.54) is 0 Å². The molecule has 2 rings (SSSR count). The van der Waals surface area contributed by atoms with E-state index >= 15 is 0 Å². The summed E-state index contributed by atoms with van der Waals surface area (Å²) in [6.45, 7) is 3.40. The fraction of sp³-hybridized carbons (Fsp3) is 0.600. The predicted octanol–water partition coefficient (Wildman–Crippen LogP) is 0.603. The molecule has 2 heterocycles. The zero-order valence-electron chi connectivity index (χ0n) is 9.18. The molecule has 0 saturated carbocycles. The molecule has 1 saturated heterocycles. The number of nitrogens with two attached hydrogens (primary N) is 1. The Morgan fingerprint density at radius 2 is 2.62 bits per heavy atom. The highest BCUT2D eigenvalue weighted by atomic mass is 16.5. The van der Waals surface area contributed by atoms with Crippen molar-refractivity contribution < 1.29 is 14.3 Å². The molecule has 1 atom stereocenters. The van der Waals surface area contributed by atoms with Gasteiger partial charge in [0.05, 0.1) is 24.9 Å². The van der Waals surface area contributed by atoms with Gasteiger partial charge in [-0.3, -0.25) is 4.68 Å². The fourth-order valence-electron chi connectivity index (χ4n) is 1.68. The number of aromatic nitrogens is 2. The molecule has 0 bridgehead atoms. The maximum Gasteiger partial charge on any atom is 0.361 e. The normalized spacial score (nSPS) is 19.9. The molecule has 88 valence electrons. The largest absolute Gasteiger partial charge is 0.461 e. The number of ether oxygens (including phenoxy) is 2. The number of hydrogen-bond donors (Lipinski definition) is 1. The third-order valence-electron chi connectivity index (χ3n) is 2.51. The van der Waals surface area contributed by atoms with Crippen molar-refractivity contribution in [1.82, 2.24) is 9.78 Å². The molecule has 6 nitrogen and oxygen atoms in total. The Hall–Kier alpha value is -1.56. The lowest BCUT2D eigenvalue weighted by Crippen LogP contribution is -2.12. The molecule has 0 aromatic carbocycles. The van der Waals surface area contributed by atoms with Crippen molar-refractivity contribution in [2.75, 3.05) is 25.6 Å². The number of hydrogen-bond acceptors (Lipinski definition) is 5. The third-order valence-corrected chi connectivity index (χ3v) is 2.51. The van der Waals surface area contributed by atoms with E-state index < -0.39 is 5.97 Å². The molecular weight excluding hydrogens is 210 g/mol. The summed E-state index contributed by atoms with van der Waals surface area (Å²) in [6, 6.07) is 0.172. The van der Waals surface area contributed by atoms with E-state index in [4.69, 9.17) is 15.2 Å². The van der Waals surface area contributed by atoms with Crippen LogP contribution in [0.25, 0.3) is 0 Å². The Bertz CT molecular complexity index is 383. The minimum absolute atomic E-state index is 0.172. The van der Waals surface area contributed by atoms with Gasteiger partial charge < -0.3 is 15.2 Å². The monoisotopic (exact) mass is 225 g/mol. The number of carbonyl (C=O) groups excluding carboxylic acids is 1. The number of rotatable bonds is 3. The van der Waals surface area contributed by atoms with Gasteiger partial charge in [0.1, 0.15) is 0 Å². The van der Waals surface area contributed by atoms with Gasteiger partial charge in [0.25, 0.3) is 0 Å². The lowest BCUT2D eigenvalue weighted by atomic mass is 10.3. The molecule has 0 aliphatic carbocycles. The van der Waals surface area contributed by atoms with Crippen LogP contribution >= 0.6 is 0 Å². The average molecular weight is 225 g/mol. The Kier molecular flexibility index (Phi) is 3.09. The molecule has 0 amide bonds. The summed E-state index contributed by atoms with van der Waals surface area (Å²) in [4.78, 5) is 11.5. The van der Waals surface area contributed by atoms with Gasteiger partial charge in [-0.15, -0.1) is 0 Å². The number of carbonyl (C=O) groups is 1. The molecule has 1 aromatic heterocycles. The molecule has 6 heteroatoms. The highest BCUT2D eigenvalue weighted by Crippen LogP contribution is 2.21. The average Bonchev–Trinajstić information content (AvgIpc) is 2.86. The summed E-state index contributed by atoms with van der Waals surface area (Å²) in [5.41, 5.74) is 6.26. The first kappa shape index (κ1) is 10.9. The maximum atomic E-state index is 11.5. The Morgan fingerprint density at radius 1 is 1.81 bits per heavy atom. The summed E-state index contributed by atoms with van der Waals surface area (Å²) >= 11 is 0. The fourth-order valence-corrected chi connectivity index (χ4v) is 1.68. The van der Waals surface area contributed by atoms with Gasteiger partial charge in [-0.25, -0.2) is 4.79 Å². The molecule has 0 radical (unpaired) electrons. The molecule has 16 heavy (non-hydrogen) atoms. The number of nitrogen functional groups attached to an aromatic ring is 1. The van der Waals surface area contributed by atoms with Gasteiger partial charge in [0.15, 0.2) is 5.69 Å². The lowest BCUT2D eigenvalue weighted by Gasteiger charge is -2.06. The first-order chi connectivity index (χ1) is 7.72. The van der Waals surface area contributed by atoms with Crippen LogP contribution in [-0.2, 0) is 9.47 Å². The van der Waals surface area contributed by atoms with Crippen LogP contribution in [0.1, 0.15) is 29.9 Å². The van der Waals surface area contributed by atoms with Crippen LogP contribution in [0.15, 0.2) is 6.20 Å². The summed E-state index contributed by atoms with van der Waals surface area (Å²) < 4.78 is 11.8. The van der Waals surface area contributed by atoms with E-state index in [1.54, 1.807) is 17.8 Å². The van der Waals surface area contributed by atoms with Crippen molar-refractivity contribution in [1.29, 1.82) is 0 Å². The van der Waals surface area contributed by atoms with Gasteiger partial charge in [-0.05, 0) is 13.3 Å². The maximum absolute atomic E-state index is 11.5. The van der Waals surface area contributed by atoms with E-state index in [2.05, 4.69) is 5.10 Å². The molecule has 1 unspecified atom stereocenters. The number of nitrogens with zero attached hydrogens (tertiary/aromatic N) is 2. The zero-order valence-corrected chi connectivity index (χ0v) is 9.18. The molecule has 1 aliphatic heterocycles. The molecule has 0 spiro atoms. The molecule has 1 aromatic rings. The smallest absolute Gasteiger partial charge is 0.361 e. The minimum atomic E-state index is -0.474. The van der Waals surface area contributed by atoms with E-state index in [1.807, 2.05) is 0 Å². The van der Waals surface area contributed by atoms with Crippen molar-refractivity contribution in [3.05, 3.63) is 11.9 Å². The first-order valence-corrected chi connectivity index (χ1v) is 5.32. The van der Waals surface area contributed by atoms with Gasteiger partial charge in [0.2, 0.25) is 0 Å². The van der Waals surface area contributed by atoms with Crippen molar-refractivity contribution >= 4 is 11.7 Å². The zero-order chi connectivity index (χ0) is 11.5. The predicted molar refractivity (Wildman–Crippen MR) is 57.1 cm³/mol. The van der Waals surface area contributed by atoms with Crippen LogP contribution in [0.3, 0.4) is 0 Å². The minimum Gasteiger partial charge on any atom is -0.461 e. The van der Waals surface area contributed by atoms with E-state index in [9.17, 15) is 4.79 Å². The Morgan fingerprint density at radius 3 is 3.25 bits per heavy atom. The molecule has 1 aliphatic rings. The van der Waals surface area contributed by atoms with Crippen LogP contribution in [0.4, 0.5) is 5.69 Å². The summed E-state index contributed by atoms with van der Waals surface area (Å²) in [5, 5.41) is 4.15. The van der Waals surface area contributed by atoms with Crippen molar-refractivity contribution in [3.63, 3.8) is 0 Å². The van der Waals surface area contributed by atoms with E-state index in [0.717, 1.165) is 13.0 Å². The van der Waals surface area contributed by atoms with E-state index in [-0.39, 0.29) is 11.7 Å². The topological polar surface area (TPSA) is 79.4 Å². The van der Waals surface area contributed by atoms with Gasteiger partial charge in [-0.2, -0.15) is 5.10 Å². The highest BCUT2D eigenvalue weighted by Gasteiger charge is 2.22. The van der Waals surface area contributed by atoms with Crippen molar-refractivity contribution in [2.45, 2.75) is 19.4 Å². The Balaban J connectivity index is 2.17. The molecular formula is C10H15N3O3. The van der Waals surface area contributed by atoms with Crippen LogP contribution < -0.4 is 5.73 Å². The number of esters is 1. The van der Waals surface area contributed by atoms with Crippen LogP contribution in [-0.4, -0.2) is 35.6 Å². The van der Waals surface area contributed by atoms with E-state index in [0.29, 0.717) is 18.9 Å². The third kappa shape index (κ3) is 2.01. The molecule has 2 N–H and O–H groups in total. The van der Waals surface area contributed by atoms with Gasteiger partial charge in [0, 0.05) is 12.8 Å². The first-order valence-electron chi connectivity index (χ1n) is 5.32. The Labute approximate surface area is 93.3 Å². The lowest BCUT2D eigenvalue weighted by molar-refractivity contribution is 0.0519. The van der Waals surface area contributed by atoms with Crippen molar-refractivity contribution in [2.24, 2.45) is 0 Å². The van der Waals surface area contributed by atoms with Crippen molar-refractivity contribution in [3.8, 4) is 0 Å². The van der Waals surface area contributed by atoms with Crippen LogP contribution in [0, 0.1) is 0 Å². The summed E-state index contributed by atoms with van der Waals surface area (Å²) in [6.07, 6.45) is 2.55. The second-order valence-electron chi connectivity index (χ2n) is 3.65. The second kappa shape index (κ2) is 4.52. The standard InChI is InChI=1S/C10H15N3O3/c1-2-16-10(14)9-8(11)5-13(12-9)7-3-4-15-6-7/h5,7H,2-4,6,11H2,1H3. The van der Waals surface area contributed by atoms with Crippen LogP contribution in [0.5, 0.6) is 0 Å². The summed E-state index contributed by atoms with van der Waals surface area (Å²) in [5.74, 6) is -0.474. The quantitative estimate of drug-likeness (QED) is 0.762. The SMILES string of the molecule is CCOC(=O)c1nn(C2CCOC2)cc1N. The van der Waals surface area contributed by atoms with Crippen LogP contribution in [0.2, 0.25) is 0 Å². The molecule has 1 fully saturated rings. The highest BCUT2D eigenvalue weighted by molar-refractivity contribution is 5.92. The summed E-state index contributed by atoms with van der Waals surface area (Å²) in [7, 11) is 0. The second-order valence-corrected chi connectivity index (χ2v) is 3.65. The van der Waals surface area contributed by atoms with Gasteiger partial charge >= 0.3 is 5.97 Å².